The summed E-state index contributed by atoms with van der Waals surface area (Å²) in [5, 5.41) is 19.4. The maximum Gasteiger partial charge on any atom is 0.410 e. The van der Waals surface area contributed by atoms with Crippen LogP contribution in [0.2, 0.25) is 0 Å². The highest BCUT2D eigenvalue weighted by Crippen LogP contribution is 2.39. The lowest BCUT2D eigenvalue weighted by molar-refractivity contribution is -0.122. The lowest BCUT2D eigenvalue weighted by atomic mass is 9.76. The molecule has 8 nitrogen and oxygen atoms in total. The third-order valence-electron chi connectivity index (χ3n) is 6.15. The van der Waals surface area contributed by atoms with Gasteiger partial charge < -0.3 is 10.1 Å². The van der Waals surface area contributed by atoms with E-state index in [0.29, 0.717) is 23.7 Å². The van der Waals surface area contributed by atoms with Crippen LogP contribution in [0.3, 0.4) is 0 Å². The minimum Gasteiger partial charge on any atom is -0.444 e. The van der Waals surface area contributed by atoms with Crippen LogP contribution in [0, 0.1) is 17.2 Å². The Morgan fingerprint density at radius 1 is 1.10 bits per heavy atom. The zero-order chi connectivity index (χ0) is 22.6. The Balaban J connectivity index is 1.78. The first kappa shape index (κ1) is 23.1. The fourth-order valence-electron chi connectivity index (χ4n) is 4.73. The van der Waals surface area contributed by atoms with Crippen molar-refractivity contribution in [2.24, 2.45) is 11.8 Å². The third-order valence-corrected chi connectivity index (χ3v) is 6.15. The van der Waals surface area contributed by atoms with Gasteiger partial charge in [0.15, 0.2) is 0 Å². The maximum absolute atomic E-state index is 13.4. The molecule has 0 unspecified atom stereocenters. The van der Waals surface area contributed by atoms with Crippen LogP contribution in [0.4, 0.5) is 10.5 Å². The molecule has 1 saturated carbocycles. The summed E-state index contributed by atoms with van der Waals surface area (Å²) in [6.07, 6.45) is 6.15. The molecular weight excluding hydrogens is 396 g/mol. The van der Waals surface area contributed by atoms with Gasteiger partial charge in [-0.25, -0.2) is 4.79 Å². The molecule has 1 aromatic rings. The van der Waals surface area contributed by atoms with E-state index < -0.39 is 17.7 Å². The quantitative estimate of drug-likeness (QED) is 0.326. The number of hydrogen-bond donors (Lipinski definition) is 4. The molecule has 3 rings (SSSR count). The largest absolute Gasteiger partial charge is 0.444 e. The number of nitrogens with one attached hydrogen (secondary N) is 3. The third kappa shape index (κ3) is 5.76. The molecule has 1 aliphatic heterocycles. The fourth-order valence-corrected chi connectivity index (χ4v) is 4.73. The summed E-state index contributed by atoms with van der Waals surface area (Å²) in [4.78, 5) is 27.8. The summed E-state index contributed by atoms with van der Waals surface area (Å²) in [7, 11) is 0. The summed E-state index contributed by atoms with van der Waals surface area (Å²) >= 11 is 0. The molecule has 1 aliphatic carbocycles. The summed E-state index contributed by atoms with van der Waals surface area (Å²) in [5.74, 6) is 0.235. The van der Waals surface area contributed by atoms with E-state index in [0.717, 1.165) is 19.3 Å². The standard InChI is InChI=1S/C23H34N4O4/c1-23(2,3)31-22(29)27-14-13-18(15-7-5-4-6-8-15)19(27)21(28)25-17-11-9-16(10-12-17)20(24)26-30/h9-12,15,18-19,30H,4-8,13-14H2,1-3H3,(H2,24,26)(H,25,28)/t18-,19-/m0/s1. The Hall–Kier alpha value is -2.61. The van der Waals surface area contributed by atoms with Crippen LogP contribution in [-0.4, -0.2) is 46.1 Å². The Bertz CT molecular complexity index is 797. The van der Waals surface area contributed by atoms with Crippen LogP contribution in [0.1, 0.15) is 64.9 Å². The molecule has 2 amide bonds. The number of rotatable bonds is 4. The number of hydroxylamine groups is 1. The maximum atomic E-state index is 13.4. The van der Waals surface area contributed by atoms with Gasteiger partial charge in [0.25, 0.3) is 0 Å². The number of carbonyl (C=O) groups excluding carboxylic acids is 2. The Morgan fingerprint density at radius 2 is 1.74 bits per heavy atom. The summed E-state index contributed by atoms with van der Waals surface area (Å²) in [5.41, 5.74) is 2.26. The second kappa shape index (κ2) is 9.68. The molecule has 8 heteroatoms. The van der Waals surface area contributed by atoms with Crippen molar-refractivity contribution in [2.45, 2.75) is 70.9 Å². The van der Waals surface area contributed by atoms with E-state index in [2.05, 4.69) is 5.32 Å². The highest BCUT2D eigenvalue weighted by atomic mass is 16.6. The number of amidine groups is 1. The average molecular weight is 431 g/mol. The Labute approximate surface area is 183 Å². The van der Waals surface area contributed by atoms with Crippen molar-refractivity contribution in [3.05, 3.63) is 29.8 Å². The number of amides is 2. The first-order chi connectivity index (χ1) is 14.7. The fraction of sp³-hybridized carbons (Fsp3) is 0.609. The highest BCUT2D eigenvalue weighted by molar-refractivity contribution is 5.99. The van der Waals surface area contributed by atoms with Crippen LogP contribution < -0.4 is 10.8 Å². The lowest BCUT2D eigenvalue weighted by Crippen LogP contribution is -2.49. The van der Waals surface area contributed by atoms with Gasteiger partial charge in [0.05, 0.1) is 0 Å². The molecule has 0 spiro atoms. The van der Waals surface area contributed by atoms with Crippen LogP contribution in [0.5, 0.6) is 0 Å². The summed E-state index contributed by atoms with van der Waals surface area (Å²) in [6, 6.07) is 6.08. The zero-order valence-corrected chi connectivity index (χ0v) is 18.6. The van der Waals surface area contributed by atoms with E-state index in [-0.39, 0.29) is 17.7 Å². The number of ether oxygens (including phenoxy) is 1. The first-order valence-corrected chi connectivity index (χ1v) is 11.1. The van der Waals surface area contributed by atoms with Gasteiger partial charge in [-0.15, -0.1) is 0 Å². The van der Waals surface area contributed by atoms with Gasteiger partial charge in [0.1, 0.15) is 17.5 Å². The molecule has 2 aliphatic rings. The zero-order valence-electron chi connectivity index (χ0n) is 18.6. The normalized spacial score (nSPS) is 22.1. The minimum absolute atomic E-state index is 0.123. The number of likely N-dealkylation sites (tertiary alicyclic amines) is 1. The van der Waals surface area contributed by atoms with E-state index in [1.165, 1.54) is 19.3 Å². The van der Waals surface area contributed by atoms with Gasteiger partial charge in [-0.2, -0.15) is 0 Å². The summed E-state index contributed by atoms with van der Waals surface area (Å²) < 4.78 is 5.60. The van der Waals surface area contributed by atoms with Gasteiger partial charge in [-0.1, -0.05) is 32.1 Å². The van der Waals surface area contributed by atoms with Crippen molar-refractivity contribution < 1.29 is 19.5 Å². The van der Waals surface area contributed by atoms with Crippen LogP contribution >= 0.6 is 0 Å². The van der Waals surface area contributed by atoms with E-state index in [1.54, 1.807) is 34.6 Å². The molecule has 0 bridgehead atoms. The average Bonchev–Trinajstić information content (AvgIpc) is 3.19. The first-order valence-electron chi connectivity index (χ1n) is 11.1. The molecular formula is C23H34N4O4. The Kier molecular flexibility index (Phi) is 7.20. The number of anilines is 1. The van der Waals surface area contributed by atoms with Gasteiger partial charge in [-0.05, 0) is 63.3 Å². The molecule has 1 heterocycles. The Morgan fingerprint density at radius 3 is 2.32 bits per heavy atom. The number of benzene rings is 1. The number of hydrogen-bond acceptors (Lipinski definition) is 5. The molecule has 31 heavy (non-hydrogen) atoms. The van der Waals surface area contributed by atoms with Crippen molar-refractivity contribution in [2.75, 3.05) is 11.9 Å². The molecule has 0 radical (unpaired) electrons. The van der Waals surface area contributed by atoms with Gasteiger partial charge in [-0.3, -0.25) is 25.8 Å². The van der Waals surface area contributed by atoms with Crippen LogP contribution in [0.25, 0.3) is 0 Å². The molecule has 170 valence electrons. The second-order valence-electron chi connectivity index (χ2n) is 9.52. The van der Waals surface area contributed by atoms with Gasteiger partial charge in [0.2, 0.25) is 5.91 Å². The van der Waals surface area contributed by atoms with Crippen LogP contribution in [0.15, 0.2) is 24.3 Å². The molecule has 1 aromatic carbocycles. The lowest BCUT2D eigenvalue weighted by Gasteiger charge is -2.34. The smallest absolute Gasteiger partial charge is 0.410 e. The highest BCUT2D eigenvalue weighted by Gasteiger charge is 2.46. The SMILES string of the molecule is CC(C)(C)OC(=O)N1CC[C@@H](C2CCCCC2)[C@H]1C(=O)Nc1ccc(C(=N)NO)cc1. The van der Waals surface area contributed by atoms with E-state index in [4.69, 9.17) is 15.4 Å². The predicted octanol–water partition coefficient (Wildman–Crippen LogP) is 4.14. The molecule has 4 N–H and O–H groups in total. The van der Waals surface area contributed by atoms with Crippen molar-refractivity contribution in [3.63, 3.8) is 0 Å². The monoisotopic (exact) mass is 430 g/mol. The van der Waals surface area contributed by atoms with Crippen molar-refractivity contribution in [3.8, 4) is 0 Å². The number of carbonyl (C=O) groups is 2. The van der Waals surface area contributed by atoms with Gasteiger partial charge in [0, 0.05) is 17.8 Å². The molecule has 0 aromatic heterocycles. The topological polar surface area (TPSA) is 115 Å². The van der Waals surface area contributed by atoms with E-state index in [1.807, 2.05) is 20.8 Å². The molecule has 2 fully saturated rings. The molecule has 1 saturated heterocycles. The minimum atomic E-state index is -0.623. The van der Waals surface area contributed by atoms with Crippen LogP contribution in [-0.2, 0) is 9.53 Å². The number of nitrogens with zero attached hydrogens (tertiary/aromatic N) is 1. The van der Waals surface area contributed by atoms with Gasteiger partial charge >= 0.3 is 6.09 Å². The van der Waals surface area contributed by atoms with Crippen molar-refractivity contribution >= 4 is 23.5 Å². The van der Waals surface area contributed by atoms with E-state index >= 15 is 0 Å². The molecule has 2 atom stereocenters. The summed E-state index contributed by atoms with van der Waals surface area (Å²) in [6.45, 7) is 6.01. The van der Waals surface area contributed by atoms with Crippen molar-refractivity contribution in [1.29, 1.82) is 5.41 Å². The second-order valence-corrected chi connectivity index (χ2v) is 9.52. The van der Waals surface area contributed by atoms with Crippen molar-refractivity contribution in [1.82, 2.24) is 10.4 Å². The predicted molar refractivity (Wildman–Crippen MR) is 118 cm³/mol. The van der Waals surface area contributed by atoms with E-state index in [9.17, 15) is 9.59 Å².